The summed E-state index contributed by atoms with van der Waals surface area (Å²) >= 11 is 5.30. The van der Waals surface area contributed by atoms with Crippen LogP contribution in [0.2, 0.25) is 0 Å². The second-order valence-electron chi connectivity index (χ2n) is 7.85. The molecular weight excluding hydrogens is 465 g/mol. The number of halogens is 3. The summed E-state index contributed by atoms with van der Waals surface area (Å²) in [6, 6.07) is 13.3. The van der Waals surface area contributed by atoms with Crippen LogP contribution in [0.15, 0.2) is 60.0 Å². The Balaban J connectivity index is 1.32. The quantitative estimate of drug-likeness (QED) is 0.290. The number of hydrazone groups is 1. The van der Waals surface area contributed by atoms with Crippen molar-refractivity contribution in [2.45, 2.75) is 44.5 Å². The Bertz CT molecular complexity index is 1120. The molecule has 0 spiro atoms. The zero-order valence-corrected chi connectivity index (χ0v) is 18.9. The second kappa shape index (κ2) is 10.6. The second-order valence-corrected chi connectivity index (χ2v) is 8.26. The van der Waals surface area contributed by atoms with E-state index in [9.17, 15) is 13.2 Å². The number of hydrogen-bond acceptors (Lipinski definition) is 5. The van der Waals surface area contributed by atoms with Gasteiger partial charge in [0.1, 0.15) is 12.1 Å². The summed E-state index contributed by atoms with van der Waals surface area (Å²) in [4.78, 5) is 4.28. The number of nitrogens with one attached hydrogen (secondary N) is 2. The summed E-state index contributed by atoms with van der Waals surface area (Å²) in [5, 5.41) is 12.4. The molecule has 1 heterocycles. The summed E-state index contributed by atoms with van der Waals surface area (Å²) in [5.41, 5.74) is 5.07. The smallest absolute Gasteiger partial charge is 0.406 e. The average Bonchev–Trinajstić information content (AvgIpc) is 3.30. The van der Waals surface area contributed by atoms with E-state index in [-0.39, 0.29) is 5.75 Å². The molecular formula is C23H23F3N6OS. The highest BCUT2D eigenvalue weighted by Crippen LogP contribution is 2.24. The first-order valence-electron chi connectivity index (χ1n) is 10.8. The van der Waals surface area contributed by atoms with Crippen LogP contribution in [0.1, 0.15) is 37.7 Å². The summed E-state index contributed by atoms with van der Waals surface area (Å²) in [6.45, 7) is 0. The molecule has 1 fully saturated rings. The Hall–Kier alpha value is -3.47. The molecule has 2 aromatic carbocycles. The molecule has 4 rings (SSSR count). The maximum absolute atomic E-state index is 12.3. The third kappa shape index (κ3) is 6.77. The number of hydrogen-bond donors (Lipinski definition) is 2. The van der Waals surface area contributed by atoms with Crippen molar-refractivity contribution in [3.63, 3.8) is 0 Å². The van der Waals surface area contributed by atoms with Crippen molar-refractivity contribution in [1.29, 1.82) is 0 Å². The number of aromatic nitrogens is 3. The van der Waals surface area contributed by atoms with Crippen LogP contribution in [-0.2, 0) is 0 Å². The van der Waals surface area contributed by atoms with Gasteiger partial charge >= 0.3 is 6.36 Å². The third-order valence-corrected chi connectivity index (χ3v) is 5.52. The molecule has 0 aliphatic heterocycles. The highest BCUT2D eigenvalue weighted by Gasteiger charge is 2.31. The highest BCUT2D eigenvalue weighted by molar-refractivity contribution is 7.80. The molecule has 7 nitrogen and oxygen atoms in total. The lowest BCUT2D eigenvalue weighted by Gasteiger charge is -2.23. The fourth-order valence-electron chi connectivity index (χ4n) is 3.67. The minimum atomic E-state index is -4.73. The number of nitrogens with zero attached hydrogens (tertiary/aromatic N) is 4. The lowest BCUT2D eigenvalue weighted by molar-refractivity contribution is -0.274. The first-order valence-corrected chi connectivity index (χ1v) is 11.2. The molecule has 34 heavy (non-hydrogen) atoms. The van der Waals surface area contributed by atoms with Gasteiger partial charge in [-0.05, 0) is 54.9 Å². The van der Waals surface area contributed by atoms with Gasteiger partial charge in [0.2, 0.25) is 0 Å². The fraction of sp³-hybridized carbons (Fsp3) is 0.304. The molecule has 2 N–H and O–H groups in total. The van der Waals surface area contributed by atoms with Gasteiger partial charge in [0.05, 0.1) is 11.9 Å². The molecule has 0 saturated heterocycles. The summed E-state index contributed by atoms with van der Waals surface area (Å²) in [6.07, 6.45) is 4.45. The number of benzene rings is 2. The molecule has 178 valence electrons. The van der Waals surface area contributed by atoms with Crippen LogP contribution in [0.3, 0.4) is 0 Å². The Labute approximate surface area is 200 Å². The lowest BCUT2D eigenvalue weighted by Crippen LogP contribution is -2.40. The molecule has 0 amide bonds. The normalized spacial score (nSPS) is 14.8. The van der Waals surface area contributed by atoms with E-state index in [1.807, 2.05) is 24.3 Å². The standard InChI is InChI=1S/C23H23F3N6OS/c24-23(25,26)33-20-12-10-19(11-13-20)32-15-27-21(31-32)17-8-6-16(7-9-17)14-28-30-22(34)29-18-4-2-1-3-5-18/h6-15,18H,1-5H2,(H2,29,30,34)/b28-14+. The van der Waals surface area contributed by atoms with Crippen LogP contribution in [0.5, 0.6) is 5.75 Å². The molecule has 0 radical (unpaired) electrons. The van der Waals surface area contributed by atoms with E-state index in [1.165, 1.54) is 54.5 Å². The Morgan fingerprint density at radius 3 is 2.44 bits per heavy atom. The third-order valence-electron chi connectivity index (χ3n) is 5.32. The number of ether oxygens (including phenoxy) is 1. The number of rotatable bonds is 6. The fourth-order valence-corrected chi connectivity index (χ4v) is 3.89. The molecule has 1 aliphatic rings. The van der Waals surface area contributed by atoms with E-state index in [0.29, 0.717) is 22.7 Å². The first kappa shape index (κ1) is 23.7. The Morgan fingerprint density at radius 1 is 1.06 bits per heavy atom. The van der Waals surface area contributed by atoms with Crippen molar-refractivity contribution in [2.24, 2.45) is 5.10 Å². The summed E-state index contributed by atoms with van der Waals surface area (Å²) in [5.74, 6) is 0.184. The maximum Gasteiger partial charge on any atom is 0.573 e. The van der Waals surface area contributed by atoms with Gasteiger partial charge in [-0.1, -0.05) is 43.5 Å². The zero-order chi connectivity index (χ0) is 24.0. The minimum Gasteiger partial charge on any atom is -0.406 e. The molecule has 0 unspecified atom stereocenters. The molecule has 1 aromatic heterocycles. The molecule has 1 aliphatic carbocycles. The molecule has 11 heteroatoms. The molecule has 1 saturated carbocycles. The maximum atomic E-state index is 12.3. The van der Waals surface area contributed by atoms with Gasteiger partial charge in [0.25, 0.3) is 0 Å². The van der Waals surface area contributed by atoms with Gasteiger partial charge in [-0.25, -0.2) is 9.67 Å². The van der Waals surface area contributed by atoms with Crippen LogP contribution in [0.4, 0.5) is 13.2 Å². The predicted octanol–water partition coefficient (Wildman–Crippen LogP) is 4.96. The summed E-state index contributed by atoms with van der Waals surface area (Å²) < 4.78 is 42.3. The van der Waals surface area contributed by atoms with Crippen LogP contribution in [-0.4, -0.2) is 38.5 Å². The Morgan fingerprint density at radius 2 is 1.76 bits per heavy atom. The number of thiocarbonyl (C=S) groups is 1. The average molecular weight is 489 g/mol. The van der Waals surface area contributed by atoms with Crippen molar-refractivity contribution < 1.29 is 17.9 Å². The van der Waals surface area contributed by atoms with Gasteiger partial charge in [-0.2, -0.15) is 5.10 Å². The molecule has 0 atom stereocenters. The van der Waals surface area contributed by atoms with Crippen molar-refractivity contribution in [2.75, 3.05) is 0 Å². The van der Waals surface area contributed by atoms with E-state index in [2.05, 4.69) is 30.7 Å². The van der Waals surface area contributed by atoms with Crippen LogP contribution < -0.4 is 15.5 Å². The minimum absolute atomic E-state index is 0.297. The zero-order valence-electron chi connectivity index (χ0n) is 18.1. The number of alkyl halides is 3. The summed E-state index contributed by atoms with van der Waals surface area (Å²) in [7, 11) is 0. The molecule has 0 bridgehead atoms. The van der Waals surface area contributed by atoms with Crippen LogP contribution in [0, 0.1) is 0 Å². The van der Waals surface area contributed by atoms with E-state index < -0.39 is 6.36 Å². The lowest BCUT2D eigenvalue weighted by atomic mass is 9.96. The van der Waals surface area contributed by atoms with Gasteiger partial charge < -0.3 is 10.1 Å². The largest absolute Gasteiger partial charge is 0.573 e. The monoisotopic (exact) mass is 488 g/mol. The Kier molecular flexibility index (Phi) is 7.41. The van der Waals surface area contributed by atoms with Gasteiger partial charge in [-0.3, -0.25) is 5.43 Å². The SMILES string of the molecule is FC(F)(F)Oc1ccc(-n2cnc(-c3ccc(/C=N/NC(=S)NC4CCCCC4)cc3)n2)cc1. The predicted molar refractivity (Wildman–Crippen MR) is 127 cm³/mol. The van der Waals surface area contributed by atoms with Crippen molar-refractivity contribution in [3.8, 4) is 22.8 Å². The molecule has 3 aromatic rings. The van der Waals surface area contributed by atoms with E-state index >= 15 is 0 Å². The van der Waals surface area contributed by atoms with Crippen molar-refractivity contribution in [3.05, 3.63) is 60.4 Å². The highest BCUT2D eigenvalue weighted by atomic mass is 32.1. The topological polar surface area (TPSA) is 76.4 Å². The van der Waals surface area contributed by atoms with Crippen molar-refractivity contribution in [1.82, 2.24) is 25.5 Å². The van der Waals surface area contributed by atoms with E-state index in [0.717, 1.165) is 24.0 Å². The van der Waals surface area contributed by atoms with Gasteiger partial charge in [0, 0.05) is 11.6 Å². The van der Waals surface area contributed by atoms with Crippen LogP contribution in [0.25, 0.3) is 17.1 Å². The van der Waals surface area contributed by atoms with E-state index in [4.69, 9.17) is 12.2 Å². The van der Waals surface area contributed by atoms with Crippen LogP contribution >= 0.6 is 12.2 Å². The first-order chi connectivity index (χ1) is 16.4. The van der Waals surface area contributed by atoms with Gasteiger partial charge in [0.15, 0.2) is 10.9 Å². The van der Waals surface area contributed by atoms with Gasteiger partial charge in [-0.15, -0.1) is 18.3 Å². The van der Waals surface area contributed by atoms with E-state index in [1.54, 1.807) is 6.21 Å². The van der Waals surface area contributed by atoms with Crippen molar-refractivity contribution >= 4 is 23.5 Å².